The second kappa shape index (κ2) is 8.91. The van der Waals surface area contributed by atoms with Crippen molar-refractivity contribution in [2.75, 3.05) is 18.6 Å². The number of halogens is 3. The van der Waals surface area contributed by atoms with Gasteiger partial charge < -0.3 is 14.7 Å². The standard InChI is InChI=1S/C23H22F3N3O5S/c1-14-10-21(29(27-14)15-6-5-7-16(11-15)34-2)28-13-17(12-19(28)22(30)31)35(32,33)20-9-4-3-8-18(20)23(24,25)26/h3-11,17,19H,12-13H2,1-2H3,(H,30,31)/t17-,19-/m1/s1. The summed E-state index contributed by atoms with van der Waals surface area (Å²) in [7, 11) is -3.03. The van der Waals surface area contributed by atoms with Crippen molar-refractivity contribution in [3.8, 4) is 11.4 Å². The van der Waals surface area contributed by atoms with Crippen molar-refractivity contribution in [2.45, 2.75) is 35.7 Å². The summed E-state index contributed by atoms with van der Waals surface area (Å²) >= 11 is 0. The van der Waals surface area contributed by atoms with Crippen LogP contribution in [0.4, 0.5) is 19.0 Å². The smallest absolute Gasteiger partial charge is 0.417 e. The molecule has 1 aliphatic heterocycles. The molecule has 3 aromatic rings. The number of aryl methyl sites for hydroxylation is 1. The van der Waals surface area contributed by atoms with Gasteiger partial charge in [0.25, 0.3) is 0 Å². The zero-order chi connectivity index (χ0) is 25.5. The maximum absolute atomic E-state index is 13.5. The number of nitrogens with zero attached hydrogens (tertiary/aromatic N) is 3. The van der Waals surface area contributed by atoms with Crippen LogP contribution in [0.3, 0.4) is 0 Å². The van der Waals surface area contributed by atoms with Gasteiger partial charge in [-0.25, -0.2) is 17.9 Å². The molecule has 0 amide bonds. The average Bonchev–Trinajstić information content (AvgIpc) is 3.43. The number of rotatable bonds is 6. The minimum Gasteiger partial charge on any atom is -0.497 e. The van der Waals surface area contributed by atoms with Crippen molar-refractivity contribution in [2.24, 2.45) is 0 Å². The first-order valence-electron chi connectivity index (χ1n) is 10.5. The lowest BCUT2D eigenvalue weighted by Crippen LogP contribution is -2.37. The Kier molecular flexibility index (Phi) is 6.26. The van der Waals surface area contributed by atoms with Crippen molar-refractivity contribution < 1.29 is 36.2 Å². The lowest BCUT2D eigenvalue weighted by molar-refractivity contribution is -0.140. The summed E-state index contributed by atoms with van der Waals surface area (Å²) in [5, 5.41) is 12.9. The second-order valence-electron chi connectivity index (χ2n) is 8.16. The summed E-state index contributed by atoms with van der Waals surface area (Å²) < 4.78 is 73.9. The van der Waals surface area contributed by atoms with E-state index in [1.54, 1.807) is 37.3 Å². The van der Waals surface area contributed by atoms with Gasteiger partial charge >= 0.3 is 12.1 Å². The average molecular weight is 510 g/mol. The molecule has 0 spiro atoms. The quantitative estimate of drug-likeness (QED) is 0.541. The fourth-order valence-electron chi connectivity index (χ4n) is 4.26. The lowest BCUT2D eigenvalue weighted by atomic mass is 10.2. The number of sulfone groups is 1. The summed E-state index contributed by atoms with van der Waals surface area (Å²) in [4.78, 5) is 12.6. The van der Waals surface area contributed by atoms with E-state index in [9.17, 15) is 31.5 Å². The van der Waals surface area contributed by atoms with Gasteiger partial charge in [-0.1, -0.05) is 18.2 Å². The van der Waals surface area contributed by atoms with Crippen LogP contribution in [0.25, 0.3) is 5.69 Å². The Hall–Kier alpha value is -3.54. The largest absolute Gasteiger partial charge is 0.497 e. The summed E-state index contributed by atoms with van der Waals surface area (Å²) in [6.45, 7) is 1.38. The summed E-state index contributed by atoms with van der Waals surface area (Å²) in [5.74, 6) is -0.449. The zero-order valence-electron chi connectivity index (χ0n) is 18.7. The van der Waals surface area contributed by atoms with E-state index in [-0.39, 0.29) is 13.0 Å². The second-order valence-corrected chi connectivity index (χ2v) is 10.4. The molecule has 0 saturated carbocycles. The number of ether oxygens (including phenoxy) is 1. The van der Waals surface area contributed by atoms with Gasteiger partial charge in [-0.2, -0.15) is 18.3 Å². The van der Waals surface area contributed by atoms with E-state index in [1.165, 1.54) is 22.8 Å². The van der Waals surface area contributed by atoms with E-state index in [1.807, 2.05) is 0 Å². The van der Waals surface area contributed by atoms with E-state index >= 15 is 0 Å². The number of carboxylic acid groups (broad SMARTS) is 1. The molecule has 1 aromatic heterocycles. The molecule has 1 saturated heterocycles. The highest BCUT2D eigenvalue weighted by Gasteiger charge is 2.47. The molecule has 8 nitrogen and oxygen atoms in total. The molecule has 12 heteroatoms. The first-order chi connectivity index (χ1) is 16.4. The number of anilines is 1. The molecule has 0 bridgehead atoms. The molecular formula is C23H22F3N3O5S. The fraction of sp³-hybridized carbons (Fsp3) is 0.304. The predicted octanol–water partition coefficient (Wildman–Crippen LogP) is 3.71. The number of aromatic nitrogens is 2. The van der Waals surface area contributed by atoms with E-state index in [0.717, 1.165) is 12.1 Å². The monoisotopic (exact) mass is 509 g/mol. The molecule has 2 aromatic carbocycles. The first kappa shape index (κ1) is 24.6. The first-order valence-corrected chi connectivity index (χ1v) is 12.1. The van der Waals surface area contributed by atoms with E-state index in [2.05, 4.69) is 5.10 Å². The maximum atomic E-state index is 13.5. The van der Waals surface area contributed by atoms with Crippen LogP contribution in [0.1, 0.15) is 17.7 Å². The van der Waals surface area contributed by atoms with Crippen LogP contribution in [-0.2, 0) is 20.8 Å². The van der Waals surface area contributed by atoms with Gasteiger partial charge in [0.2, 0.25) is 0 Å². The molecule has 2 heterocycles. The fourth-order valence-corrected chi connectivity index (χ4v) is 6.17. The molecule has 186 valence electrons. The van der Waals surface area contributed by atoms with Crippen LogP contribution < -0.4 is 9.64 Å². The number of alkyl halides is 3. The minimum absolute atomic E-state index is 0.310. The number of carbonyl (C=O) groups is 1. The third-order valence-electron chi connectivity index (χ3n) is 5.89. The molecular weight excluding hydrogens is 487 g/mol. The topological polar surface area (TPSA) is 102 Å². The highest BCUT2D eigenvalue weighted by Crippen LogP contribution is 2.39. The number of benzene rings is 2. The summed E-state index contributed by atoms with van der Waals surface area (Å²) in [6.07, 6.45) is -5.26. The Bertz CT molecular complexity index is 1370. The molecule has 0 radical (unpaired) electrons. The number of carboxylic acids is 1. The Morgan fingerprint density at radius 1 is 1.14 bits per heavy atom. The Morgan fingerprint density at radius 3 is 2.51 bits per heavy atom. The molecule has 2 atom stereocenters. The van der Waals surface area contributed by atoms with E-state index < -0.39 is 43.7 Å². The molecule has 1 fully saturated rings. The van der Waals surface area contributed by atoms with Gasteiger partial charge in [-0.15, -0.1) is 0 Å². The maximum Gasteiger partial charge on any atom is 0.417 e. The zero-order valence-corrected chi connectivity index (χ0v) is 19.5. The van der Waals surface area contributed by atoms with Gasteiger partial charge in [0.05, 0.1) is 34.2 Å². The third-order valence-corrected chi connectivity index (χ3v) is 8.08. The van der Waals surface area contributed by atoms with Crippen molar-refractivity contribution in [1.29, 1.82) is 0 Å². The third kappa shape index (κ3) is 4.57. The Labute approximate surface area is 199 Å². The van der Waals surface area contributed by atoms with Crippen LogP contribution in [0.2, 0.25) is 0 Å². The van der Waals surface area contributed by atoms with E-state index in [4.69, 9.17) is 4.74 Å². The predicted molar refractivity (Wildman–Crippen MR) is 121 cm³/mol. The normalized spacial score (nSPS) is 18.6. The summed E-state index contributed by atoms with van der Waals surface area (Å²) in [6, 6.07) is 11.1. The van der Waals surface area contributed by atoms with Crippen molar-refractivity contribution in [3.63, 3.8) is 0 Å². The number of aliphatic carboxylic acids is 1. The number of hydrogen-bond donors (Lipinski definition) is 1. The van der Waals surface area contributed by atoms with Crippen molar-refractivity contribution in [1.82, 2.24) is 9.78 Å². The van der Waals surface area contributed by atoms with E-state index in [0.29, 0.717) is 29.0 Å². The number of hydrogen-bond acceptors (Lipinski definition) is 6. The molecule has 35 heavy (non-hydrogen) atoms. The molecule has 4 rings (SSSR count). The Balaban J connectivity index is 1.77. The van der Waals surface area contributed by atoms with Gasteiger partial charge in [-0.3, -0.25) is 0 Å². The highest BCUT2D eigenvalue weighted by molar-refractivity contribution is 7.92. The number of methoxy groups -OCH3 is 1. The van der Waals surface area contributed by atoms with Crippen LogP contribution in [-0.4, -0.2) is 54.2 Å². The minimum atomic E-state index is -4.88. The van der Waals surface area contributed by atoms with Gasteiger partial charge in [0.1, 0.15) is 17.6 Å². The van der Waals surface area contributed by atoms with Crippen molar-refractivity contribution in [3.05, 3.63) is 65.9 Å². The Morgan fingerprint density at radius 2 is 1.86 bits per heavy atom. The van der Waals surface area contributed by atoms with Crippen LogP contribution in [0.5, 0.6) is 5.75 Å². The van der Waals surface area contributed by atoms with Gasteiger partial charge in [-0.05, 0) is 37.6 Å². The summed E-state index contributed by atoms with van der Waals surface area (Å²) in [5.41, 5.74) is -0.186. The lowest BCUT2D eigenvalue weighted by Gasteiger charge is -2.24. The van der Waals surface area contributed by atoms with Gasteiger partial charge in [0, 0.05) is 18.7 Å². The molecule has 0 unspecified atom stereocenters. The van der Waals surface area contributed by atoms with Crippen LogP contribution in [0, 0.1) is 6.92 Å². The highest BCUT2D eigenvalue weighted by atomic mass is 32.2. The molecule has 1 aliphatic rings. The molecule has 0 aliphatic carbocycles. The van der Waals surface area contributed by atoms with Crippen molar-refractivity contribution >= 4 is 21.6 Å². The molecule has 1 N–H and O–H groups in total. The van der Waals surface area contributed by atoms with Gasteiger partial charge in [0.15, 0.2) is 9.84 Å². The van der Waals surface area contributed by atoms with Crippen LogP contribution in [0.15, 0.2) is 59.5 Å². The SMILES string of the molecule is COc1cccc(-n2nc(C)cc2N2C[C@H](S(=O)(=O)c3ccccc3C(F)(F)F)C[C@@H]2C(=O)O)c1. The van der Waals surface area contributed by atoms with Crippen LogP contribution >= 0.6 is 0 Å².